The zero-order valence-electron chi connectivity index (χ0n) is 18.2. The van der Waals surface area contributed by atoms with Crippen molar-refractivity contribution in [3.8, 4) is 16.9 Å². The van der Waals surface area contributed by atoms with Crippen LogP contribution in [-0.4, -0.2) is 52.0 Å². The summed E-state index contributed by atoms with van der Waals surface area (Å²) >= 11 is 0. The van der Waals surface area contributed by atoms with Crippen LogP contribution in [0, 0.1) is 0 Å². The summed E-state index contributed by atoms with van der Waals surface area (Å²) < 4.78 is 38.3. The second-order valence-electron chi connectivity index (χ2n) is 8.04. The molecular formula is C25H24N2O5S. The molecule has 1 amide bonds. The van der Waals surface area contributed by atoms with Crippen LogP contribution in [0.1, 0.15) is 21.5 Å². The molecule has 5 rings (SSSR count). The fourth-order valence-corrected chi connectivity index (χ4v) is 5.96. The van der Waals surface area contributed by atoms with Crippen molar-refractivity contribution in [3.05, 3.63) is 77.4 Å². The number of carbonyl (C=O) groups excluding carboxylic acids is 1. The van der Waals surface area contributed by atoms with E-state index in [4.69, 9.17) is 9.47 Å². The van der Waals surface area contributed by atoms with Crippen LogP contribution in [-0.2, 0) is 21.2 Å². The van der Waals surface area contributed by atoms with Gasteiger partial charge in [0.25, 0.3) is 5.91 Å². The van der Waals surface area contributed by atoms with E-state index < -0.39 is 10.0 Å². The van der Waals surface area contributed by atoms with E-state index in [-0.39, 0.29) is 35.2 Å². The maximum atomic E-state index is 13.2. The maximum absolute atomic E-state index is 13.2. The first-order valence-corrected chi connectivity index (χ1v) is 12.2. The maximum Gasteiger partial charge on any atom is 0.255 e. The van der Waals surface area contributed by atoms with Gasteiger partial charge in [0.15, 0.2) is 0 Å². The number of amides is 1. The van der Waals surface area contributed by atoms with Crippen molar-refractivity contribution in [3.63, 3.8) is 0 Å². The van der Waals surface area contributed by atoms with Crippen LogP contribution in [0.3, 0.4) is 0 Å². The number of fused-ring (bicyclic) bond motifs is 3. The van der Waals surface area contributed by atoms with Gasteiger partial charge in [-0.1, -0.05) is 30.3 Å². The first-order chi connectivity index (χ1) is 16.0. The molecule has 3 aromatic carbocycles. The molecule has 2 aliphatic rings. The molecule has 170 valence electrons. The molecule has 0 radical (unpaired) electrons. The summed E-state index contributed by atoms with van der Waals surface area (Å²) in [6.07, 6.45) is 0.819. The molecule has 8 heteroatoms. The molecule has 1 aliphatic carbocycles. The summed E-state index contributed by atoms with van der Waals surface area (Å²) in [4.78, 5) is 13.0. The van der Waals surface area contributed by atoms with Crippen molar-refractivity contribution in [2.24, 2.45) is 0 Å². The molecule has 7 nitrogen and oxygen atoms in total. The van der Waals surface area contributed by atoms with Crippen LogP contribution >= 0.6 is 0 Å². The van der Waals surface area contributed by atoms with Crippen LogP contribution in [0.4, 0.5) is 5.69 Å². The average Bonchev–Trinajstić information content (AvgIpc) is 3.22. The van der Waals surface area contributed by atoms with Crippen molar-refractivity contribution >= 4 is 21.6 Å². The quantitative estimate of drug-likeness (QED) is 0.488. The molecule has 0 spiro atoms. The minimum absolute atomic E-state index is 0.0241. The van der Waals surface area contributed by atoms with Gasteiger partial charge in [0, 0.05) is 24.3 Å². The lowest BCUT2D eigenvalue weighted by Gasteiger charge is -2.26. The number of rotatable bonds is 5. The number of carbonyl (C=O) groups is 1. The molecule has 0 unspecified atom stereocenters. The van der Waals surface area contributed by atoms with E-state index in [0.717, 1.165) is 12.0 Å². The Morgan fingerprint density at radius 3 is 2.52 bits per heavy atom. The smallest absolute Gasteiger partial charge is 0.255 e. The summed E-state index contributed by atoms with van der Waals surface area (Å²) in [5.74, 6) is -0.181. The molecule has 1 heterocycles. The zero-order valence-corrected chi connectivity index (χ0v) is 19.0. The van der Waals surface area contributed by atoms with Gasteiger partial charge < -0.3 is 14.8 Å². The fourth-order valence-electron chi connectivity index (χ4n) is 4.37. The van der Waals surface area contributed by atoms with E-state index in [9.17, 15) is 13.2 Å². The Bertz CT molecular complexity index is 1330. The third-order valence-corrected chi connectivity index (χ3v) is 7.99. The first kappa shape index (κ1) is 21.6. The predicted octanol–water partition coefficient (Wildman–Crippen LogP) is 3.54. The van der Waals surface area contributed by atoms with Gasteiger partial charge in [-0.2, -0.15) is 4.31 Å². The van der Waals surface area contributed by atoms with Gasteiger partial charge in [0.2, 0.25) is 10.0 Å². The summed E-state index contributed by atoms with van der Waals surface area (Å²) in [5, 5.41) is 2.90. The minimum atomic E-state index is -3.82. The highest BCUT2D eigenvalue weighted by Gasteiger charge is 2.30. The highest BCUT2D eigenvalue weighted by molar-refractivity contribution is 7.89. The van der Waals surface area contributed by atoms with E-state index in [0.29, 0.717) is 18.9 Å². The number of sulfonamides is 1. The van der Waals surface area contributed by atoms with E-state index in [2.05, 4.69) is 17.4 Å². The number of hydrogen-bond acceptors (Lipinski definition) is 5. The molecule has 33 heavy (non-hydrogen) atoms. The molecule has 1 aliphatic heterocycles. The Morgan fingerprint density at radius 1 is 0.970 bits per heavy atom. The summed E-state index contributed by atoms with van der Waals surface area (Å²) in [7, 11) is -2.41. The number of ether oxygens (including phenoxy) is 2. The van der Waals surface area contributed by atoms with Crippen molar-refractivity contribution in [1.29, 1.82) is 0 Å². The third-order valence-electron chi connectivity index (χ3n) is 6.07. The predicted molar refractivity (Wildman–Crippen MR) is 125 cm³/mol. The molecule has 0 aromatic heterocycles. The molecule has 1 N–H and O–H groups in total. The van der Waals surface area contributed by atoms with Crippen LogP contribution < -0.4 is 10.1 Å². The van der Waals surface area contributed by atoms with Gasteiger partial charge in [0.05, 0.1) is 20.3 Å². The summed E-state index contributed by atoms with van der Waals surface area (Å²) in [6, 6.07) is 18.6. The lowest BCUT2D eigenvalue weighted by molar-refractivity contribution is 0.0729. The third kappa shape index (κ3) is 4.01. The minimum Gasteiger partial charge on any atom is -0.495 e. The van der Waals surface area contributed by atoms with Gasteiger partial charge >= 0.3 is 0 Å². The summed E-state index contributed by atoms with van der Waals surface area (Å²) in [5.41, 5.74) is 5.72. The molecular weight excluding hydrogens is 440 g/mol. The van der Waals surface area contributed by atoms with Crippen LogP contribution in [0.15, 0.2) is 65.6 Å². The van der Waals surface area contributed by atoms with Crippen LogP contribution in [0.25, 0.3) is 11.1 Å². The number of benzene rings is 3. The van der Waals surface area contributed by atoms with E-state index in [1.54, 1.807) is 6.07 Å². The topological polar surface area (TPSA) is 84.9 Å². The number of nitrogens with one attached hydrogen (secondary N) is 1. The highest BCUT2D eigenvalue weighted by Crippen LogP contribution is 2.37. The Hall–Kier alpha value is -3.20. The van der Waals surface area contributed by atoms with Gasteiger partial charge in [0.1, 0.15) is 10.6 Å². The highest BCUT2D eigenvalue weighted by atomic mass is 32.2. The van der Waals surface area contributed by atoms with Gasteiger partial charge in [-0.05, 0) is 59.0 Å². The lowest BCUT2D eigenvalue weighted by atomic mass is 10.1. The van der Waals surface area contributed by atoms with Crippen molar-refractivity contribution in [2.45, 2.75) is 11.3 Å². The second-order valence-corrected chi connectivity index (χ2v) is 9.95. The standard InChI is InChI=1S/C25H24N2O5S/c1-31-23-9-6-18(16-24(23)33(29,30)27-10-12-32-13-11-27)25(28)26-20-7-8-22-19(15-20)14-17-4-2-3-5-21(17)22/h2-9,15-16H,10-14H2,1H3,(H,26,28). The van der Waals surface area contributed by atoms with Gasteiger partial charge in [-0.15, -0.1) is 0 Å². The molecule has 0 saturated carbocycles. The van der Waals surface area contributed by atoms with Crippen LogP contribution in [0.5, 0.6) is 5.75 Å². The first-order valence-electron chi connectivity index (χ1n) is 10.8. The number of anilines is 1. The fraction of sp³-hybridized carbons (Fsp3) is 0.240. The molecule has 0 bridgehead atoms. The normalized spacial score (nSPS) is 15.5. The molecule has 0 atom stereocenters. The Labute approximate surface area is 193 Å². The number of nitrogens with zero attached hydrogens (tertiary/aromatic N) is 1. The van der Waals surface area contributed by atoms with E-state index in [1.807, 2.05) is 30.3 Å². The number of methoxy groups -OCH3 is 1. The Balaban J connectivity index is 1.41. The van der Waals surface area contributed by atoms with Gasteiger partial charge in [-0.3, -0.25) is 4.79 Å². The van der Waals surface area contributed by atoms with Crippen molar-refractivity contribution < 1.29 is 22.7 Å². The van der Waals surface area contributed by atoms with E-state index >= 15 is 0 Å². The second kappa shape index (κ2) is 8.62. The SMILES string of the molecule is COc1ccc(C(=O)Nc2ccc3c(c2)Cc2ccccc2-3)cc1S(=O)(=O)N1CCOCC1. The van der Waals surface area contributed by atoms with E-state index in [1.165, 1.54) is 40.2 Å². The van der Waals surface area contributed by atoms with Crippen LogP contribution in [0.2, 0.25) is 0 Å². The monoisotopic (exact) mass is 464 g/mol. The largest absolute Gasteiger partial charge is 0.495 e. The molecule has 3 aromatic rings. The summed E-state index contributed by atoms with van der Waals surface area (Å²) in [6.45, 7) is 1.20. The number of hydrogen-bond donors (Lipinski definition) is 1. The molecule has 1 fully saturated rings. The lowest BCUT2D eigenvalue weighted by Crippen LogP contribution is -2.40. The van der Waals surface area contributed by atoms with Gasteiger partial charge in [-0.25, -0.2) is 8.42 Å². The molecule has 1 saturated heterocycles. The average molecular weight is 465 g/mol. The zero-order chi connectivity index (χ0) is 23.0. The Kier molecular flexibility index (Phi) is 5.65. The number of morpholine rings is 1. The Morgan fingerprint density at radius 2 is 1.73 bits per heavy atom. The van der Waals surface area contributed by atoms with Crippen molar-refractivity contribution in [1.82, 2.24) is 4.31 Å². The van der Waals surface area contributed by atoms with Crippen molar-refractivity contribution in [2.75, 3.05) is 38.7 Å².